The van der Waals surface area contributed by atoms with Gasteiger partial charge in [0, 0.05) is 11.4 Å². The van der Waals surface area contributed by atoms with Crippen LogP contribution in [0.4, 0.5) is 0 Å². The fourth-order valence-corrected chi connectivity index (χ4v) is 4.25. The van der Waals surface area contributed by atoms with Crippen LogP contribution in [0.1, 0.15) is 17.3 Å². The van der Waals surface area contributed by atoms with Gasteiger partial charge in [-0.1, -0.05) is 23.5 Å². The van der Waals surface area contributed by atoms with Gasteiger partial charge in [-0.2, -0.15) is 4.99 Å². The second-order valence-corrected chi connectivity index (χ2v) is 6.94. The van der Waals surface area contributed by atoms with E-state index in [4.69, 9.17) is 4.74 Å². The summed E-state index contributed by atoms with van der Waals surface area (Å²) in [6.07, 6.45) is 1.96. The zero-order valence-corrected chi connectivity index (χ0v) is 15.4. The smallest absolute Gasteiger partial charge is 0.280 e. The van der Waals surface area contributed by atoms with Crippen LogP contribution >= 0.6 is 23.1 Å². The number of ether oxygens (including phenoxy) is 1. The molecule has 1 amide bonds. The number of thiazole rings is 1. The molecule has 0 saturated heterocycles. The molecule has 0 atom stereocenters. The van der Waals surface area contributed by atoms with E-state index in [-0.39, 0.29) is 5.91 Å². The van der Waals surface area contributed by atoms with Crippen molar-refractivity contribution in [2.75, 3.05) is 13.4 Å². The van der Waals surface area contributed by atoms with Crippen LogP contribution in [0.25, 0.3) is 10.2 Å². The van der Waals surface area contributed by atoms with E-state index >= 15 is 0 Å². The Bertz CT molecular complexity index is 957. The van der Waals surface area contributed by atoms with E-state index < -0.39 is 0 Å². The lowest BCUT2D eigenvalue weighted by Crippen LogP contribution is -2.16. The number of aryl methyl sites for hydroxylation is 1. The minimum Gasteiger partial charge on any atom is -0.497 e. The largest absolute Gasteiger partial charge is 0.497 e. The van der Waals surface area contributed by atoms with Crippen molar-refractivity contribution < 1.29 is 9.53 Å². The third kappa shape index (κ3) is 3.12. The first-order chi connectivity index (χ1) is 11.7. The highest BCUT2D eigenvalue weighted by atomic mass is 32.2. The van der Waals surface area contributed by atoms with E-state index in [9.17, 15) is 4.79 Å². The molecule has 2 aromatic carbocycles. The molecule has 124 valence electrons. The Kier molecular flexibility index (Phi) is 5.06. The lowest BCUT2D eigenvalue weighted by molar-refractivity contribution is 0.0995. The van der Waals surface area contributed by atoms with Crippen molar-refractivity contribution >= 4 is 39.2 Å². The number of benzene rings is 2. The van der Waals surface area contributed by atoms with E-state index in [0.717, 1.165) is 27.4 Å². The quantitative estimate of drug-likeness (QED) is 0.657. The van der Waals surface area contributed by atoms with Crippen LogP contribution < -0.4 is 9.54 Å². The molecule has 0 radical (unpaired) electrons. The first kappa shape index (κ1) is 16.8. The Morgan fingerprint density at radius 3 is 2.79 bits per heavy atom. The van der Waals surface area contributed by atoms with Crippen LogP contribution in [0.15, 0.2) is 52.4 Å². The molecule has 3 aromatic rings. The van der Waals surface area contributed by atoms with E-state index in [2.05, 4.69) is 16.5 Å². The number of hydrogen-bond donors (Lipinski definition) is 0. The summed E-state index contributed by atoms with van der Waals surface area (Å²) < 4.78 is 8.39. The molecule has 0 spiro atoms. The van der Waals surface area contributed by atoms with Gasteiger partial charge in [0.25, 0.3) is 5.91 Å². The van der Waals surface area contributed by atoms with E-state index in [1.807, 2.05) is 48.7 Å². The molecule has 0 fully saturated rings. The van der Waals surface area contributed by atoms with Gasteiger partial charge in [0.15, 0.2) is 4.80 Å². The zero-order valence-electron chi connectivity index (χ0n) is 13.8. The molecule has 4 nitrogen and oxygen atoms in total. The van der Waals surface area contributed by atoms with Crippen molar-refractivity contribution in [1.82, 2.24) is 4.57 Å². The van der Waals surface area contributed by atoms with E-state index in [0.29, 0.717) is 10.4 Å². The first-order valence-electron chi connectivity index (χ1n) is 7.57. The lowest BCUT2D eigenvalue weighted by Gasteiger charge is -2.03. The Balaban J connectivity index is 2.14. The van der Waals surface area contributed by atoms with Crippen LogP contribution in [-0.4, -0.2) is 23.8 Å². The van der Waals surface area contributed by atoms with Crippen molar-refractivity contribution in [3.63, 3.8) is 0 Å². The number of carbonyl (C=O) groups is 1. The topological polar surface area (TPSA) is 43.6 Å². The fourth-order valence-electron chi connectivity index (χ4n) is 2.54. The van der Waals surface area contributed by atoms with Gasteiger partial charge < -0.3 is 9.30 Å². The summed E-state index contributed by atoms with van der Waals surface area (Å²) in [5, 5.41) is 0. The van der Waals surface area contributed by atoms with Crippen molar-refractivity contribution in [1.29, 1.82) is 0 Å². The lowest BCUT2D eigenvalue weighted by atomic mass is 10.2. The number of carbonyl (C=O) groups excluding carboxylic acids is 1. The number of methoxy groups -OCH3 is 1. The predicted molar refractivity (Wildman–Crippen MR) is 100 cm³/mol. The number of rotatable bonds is 4. The van der Waals surface area contributed by atoms with Gasteiger partial charge in [-0.05, 0) is 43.5 Å². The van der Waals surface area contributed by atoms with Gasteiger partial charge in [0.1, 0.15) is 5.75 Å². The molecule has 0 aliphatic rings. The molecular formula is C18H18N2O2S2. The number of fused-ring (bicyclic) bond motifs is 1. The molecule has 0 aliphatic carbocycles. The van der Waals surface area contributed by atoms with E-state index in [1.54, 1.807) is 18.9 Å². The van der Waals surface area contributed by atoms with Crippen LogP contribution in [0.2, 0.25) is 0 Å². The van der Waals surface area contributed by atoms with Crippen molar-refractivity contribution in [2.45, 2.75) is 18.4 Å². The fraction of sp³-hybridized carbons (Fsp3) is 0.222. The Hall–Kier alpha value is -2.05. The van der Waals surface area contributed by atoms with Crippen LogP contribution in [0.5, 0.6) is 5.75 Å². The predicted octanol–water partition coefficient (Wildman–Crippen LogP) is 4.19. The molecule has 6 heteroatoms. The number of nitrogens with zero attached hydrogens (tertiary/aromatic N) is 2. The van der Waals surface area contributed by atoms with Gasteiger partial charge in [0.2, 0.25) is 0 Å². The maximum atomic E-state index is 12.7. The summed E-state index contributed by atoms with van der Waals surface area (Å²) in [6, 6.07) is 13.5. The summed E-state index contributed by atoms with van der Waals surface area (Å²) >= 11 is 3.06. The third-order valence-electron chi connectivity index (χ3n) is 3.74. The summed E-state index contributed by atoms with van der Waals surface area (Å²) in [5.74, 6) is 0.596. The Morgan fingerprint density at radius 2 is 2.08 bits per heavy atom. The number of amides is 1. The highest BCUT2D eigenvalue weighted by Gasteiger charge is 2.11. The average molecular weight is 358 g/mol. The van der Waals surface area contributed by atoms with Crippen molar-refractivity contribution in [3.05, 3.63) is 52.8 Å². The van der Waals surface area contributed by atoms with Gasteiger partial charge in [-0.15, -0.1) is 11.8 Å². The molecule has 0 bridgehead atoms. The summed E-state index contributed by atoms with van der Waals surface area (Å²) in [7, 11) is 1.65. The molecule has 0 aliphatic heterocycles. The highest BCUT2D eigenvalue weighted by Crippen LogP contribution is 2.24. The Morgan fingerprint density at radius 1 is 1.29 bits per heavy atom. The number of thioether (sulfide) groups is 1. The molecule has 1 heterocycles. The molecular weight excluding hydrogens is 340 g/mol. The van der Waals surface area contributed by atoms with Crippen molar-refractivity contribution in [2.24, 2.45) is 4.99 Å². The van der Waals surface area contributed by atoms with Gasteiger partial charge >= 0.3 is 0 Å². The summed E-state index contributed by atoms with van der Waals surface area (Å²) in [5.41, 5.74) is 1.70. The number of aromatic nitrogens is 1. The summed E-state index contributed by atoms with van der Waals surface area (Å²) in [4.78, 5) is 18.7. The molecule has 0 unspecified atom stereocenters. The van der Waals surface area contributed by atoms with Crippen molar-refractivity contribution in [3.8, 4) is 5.75 Å². The highest BCUT2D eigenvalue weighted by molar-refractivity contribution is 7.98. The maximum Gasteiger partial charge on any atom is 0.280 e. The number of hydrogen-bond acceptors (Lipinski definition) is 4. The van der Waals surface area contributed by atoms with Gasteiger partial charge in [-0.25, -0.2) is 0 Å². The monoisotopic (exact) mass is 358 g/mol. The molecule has 0 N–H and O–H groups in total. The maximum absolute atomic E-state index is 12.7. The molecule has 1 aromatic heterocycles. The minimum absolute atomic E-state index is 0.208. The second kappa shape index (κ2) is 7.23. The minimum atomic E-state index is -0.208. The Labute approximate surface area is 148 Å². The molecule has 0 saturated carbocycles. The van der Waals surface area contributed by atoms with Gasteiger partial charge in [0.05, 0.1) is 22.9 Å². The molecule has 3 rings (SSSR count). The summed E-state index contributed by atoms with van der Waals surface area (Å²) in [6.45, 7) is 2.80. The van der Waals surface area contributed by atoms with E-state index in [1.165, 1.54) is 11.3 Å². The standard InChI is InChI=1S/C18H18N2O2S2/c1-4-20-14-10-9-12(22-2)11-16(14)24-18(20)19-17(21)13-7-5-6-8-15(13)23-3/h5-11H,4H2,1-3H3. The van der Waals surface area contributed by atoms with Crippen LogP contribution in [0.3, 0.4) is 0 Å². The average Bonchev–Trinajstić information content (AvgIpc) is 2.97. The first-order valence-corrected chi connectivity index (χ1v) is 9.61. The van der Waals surface area contributed by atoms with Crippen LogP contribution in [-0.2, 0) is 6.54 Å². The van der Waals surface area contributed by atoms with Crippen LogP contribution in [0, 0.1) is 0 Å². The molecule has 24 heavy (non-hydrogen) atoms. The SMILES string of the molecule is CCn1c(=NC(=O)c2ccccc2SC)sc2cc(OC)ccc21. The zero-order chi connectivity index (χ0) is 17.1. The normalized spacial score (nSPS) is 11.9. The second-order valence-electron chi connectivity index (χ2n) is 5.08. The third-order valence-corrected chi connectivity index (χ3v) is 5.58. The van der Waals surface area contributed by atoms with Gasteiger partial charge in [-0.3, -0.25) is 4.79 Å².